The fraction of sp³-hybridized carbons (Fsp3) is 0.286. The third-order valence-electron chi connectivity index (χ3n) is 2.86. The Balaban J connectivity index is 2.21. The molecule has 2 N–H and O–H groups in total. The van der Waals surface area contributed by atoms with Gasteiger partial charge in [0.1, 0.15) is 0 Å². The van der Waals surface area contributed by atoms with Crippen molar-refractivity contribution in [3.63, 3.8) is 0 Å². The molecule has 19 heavy (non-hydrogen) atoms. The van der Waals surface area contributed by atoms with E-state index in [1.54, 1.807) is 5.38 Å². The lowest BCUT2D eigenvalue weighted by atomic mass is 10.1. The van der Waals surface area contributed by atoms with Gasteiger partial charge < -0.3 is 10.4 Å². The molecule has 0 aliphatic carbocycles. The van der Waals surface area contributed by atoms with Crippen LogP contribution in [0.3, 0.4) is 0 Å². The van der Waals surface area contributed by atoms with Gasteiger partial charge in [-0.05, 0) is 24.5 Å². The van der Waals surface area contributed by atoms with Crippen molar-refractivity contribution in [2.45, 2.75) is 26.7 Å². The van der Waals surface area contributed by atoms with Crippen LogP contribution in [0.2, 0.25) is 0 Å². The highest BCUT2D eigenvalue weighted by Crippen LogP contribution is 2.27. The number of carboxylic acid groups (broad SMARTS) is 1. The Morgan fingerprint density at radius 2 is 2.26 bits per heavy atom. The van der Waals surface area contributed by atoms with E-state index in [4.69, 9.17) is 5.11 Å². The molecule has 0 spiro atoms. The highest BCUT2D eigenvalue weighted by atomic mass is 32.1. The summed E-state index contributed by atoms with van der Waals surface area (Å²) >= 11 is 1.43. The minimum atomic E-state index is -0.859. The fourth-order valence-electron chi connectivity index (χ4n) is 1.91. The van der Waals surface area contributed by atoms with Gasteiger partial charge in [-0.25, -0.2) is 4.98 Å². The summed E-state index contributed by atoms with van der Waals surface area (Å²) in [5.74, 6) is -0.859. The molecule has 1 aromatic heterocycles. The molecule has 0 aliphatic heterocycles. The number of carbonyl (C=O) groups is 1. The number of benzene rings is 1. The second-order valence-electron chi connectivity index (χ2n) is 4.30. The zero-order valence-corrected chi connectivity index (χ0v) is 11.8. The van der Waals surface area contributed by atoms with Gasteiger partial charge in [0, 0.05) is 11.1 Å². The lowest BCUT2D eigenvalue weighted by molar-refractivity contribution is -0.136. The molecule has 0 atom stereocenters. The van der Waals surface area contributed by atoms with Crippen LogP contribution in [0.4, 0.5) is 10.8 Å². The molecule has 0 aliphatic rings. The van der Waals surface area contributed by atoms with Crippen molar-refractivity contribution in [1.29, 1.82) is 0 Å². The van der Waals surface area contributed by atoms with Gasteiger partial charge in [-0.15, -0.1) is 11.3 Å². The number of nitrogens with zero attached hydrogens (tertiary/aromatic N) is 1. The number of thiazole rings is 1. The zero-order valence-electron chi connectivity index (χ0n) is 10.9. The fourth-order valence-corrected chi connectivity index (χ4v) is 2.62. The van der Waals surface area contributed by atoms with Gasteiger partial charge in [0.2, 0.25) is 0 Å². The lowest BCUT2D eigenvalue weighted by Crippen LogP contribution is -2.01. The van der Waals surface area contributed by atoms with Crippen molar-refractivity contribution in [3.8, 4) is 0 Å². The van der Waals surface area contributed by atoms with E-state index < -0.39 is 5.97 Å². The van der Waals surface area contributed by atoms with Gasteiger partial charge in [0.15, 0.2) is 5.13 Å². The summed E-state index contributed by atoms with van der Waals surface area (Å²) in [6.45, 7) is 4.16. The molecule has 1 heterocycles. The maximum absolute atomic E-state index is 10.6. The average molecular weight is 276 g/mol. The summed E-state index contributed by atoms with van der Waals surface area (Å²) in [5, 5.41) is 14.6. The van der Waals surface area contributed by atoms with Crippen molar-refractivity contribution < 1.29 is 9.90 Å². The number of rotatable bonds is 5. The number of anilines is 2. The first-order valence-corrected chi connectivity index (χ1v) is 6.99. The van der Waals surface area contributed by atoms with Crippen molar-refractivity contribution in [1.82, 2.24) is 4.98 Å². The first-order chi connectivity index (χ1) is 9.10. The molecule has 0 unspecified atom stereocenters. The number of carboxylic acids is 1. The van der Waals surface area contributed by atoms with Crippen LogP contribution in [-0.4, -0.2) is 16.1 Å². The number of hydrogen-bond acceptors (Lipinski definition) is 4. The molecule has 0 fully saturated rings. The molecule has 100 valence electrons. The molecule has 0 saturated carbocycles. The van der Waals surface area contributed by atoms with Crippen molar-refractivity contribution in [2.75, 3.05) is 5.32 Å². The molecule has 2 rings (SSSR count). The molecule has 4 nitrogen and oxygen atoms in total. The minimum Gasteiger partial charge on any atom is -0.481 e. The number of para-hydroxylation sites is 1. The third-order valence-corrected chi connectivity index (χ3v) is 3.66. The molecule has 0 amide bonds. The number of aromatic nitrogens is 1. The smallest absolute Gasteiger partial charge is 0.309 e. The number of hydrogen-bond donors (Lipinski definition) is 2. The van der Waals surface area contributed by atoms with Crippen LogP contribution in [0.5, 0.6) is 0 Å². The van der Waals surface area contributed by atoms with Crippen LogP contribution in [0.15, 0.2) is 23.6 Å². The second kappa shape index (κ2) is 5.84. The largest absolute Gasteiger partial charge is 0.481 e. The Bertz CT molecular complexity index is 593. The van der Waals surface area contributed by atoms with E-state index in [1.165, 1.54) is 16.9 Å². The van der Waals surface area contributed by atoms with Crippen molar-refractivity contribution >= 4 is 28.1 Å². The summed E-state index contributed by atoms with van der Waals surface area (Å²) in [6, 6.07) is 6.17. The molecule has 0 saturated heterocycles. The second-order valence-corrected chi connectivity index (χ2v) is 5.16. The van der Waals surface area contributed by atoms with Gasteiger partial charge in [-0.2, -0.15) is 0 Å². The van der Waals surface area contributed by atoms with E-state index in [1.807, 2.05) is 19.1 Å². The van der Waals surface area contributed by atoms with E-state index in [0.717, 1.165) is 22.8 Å². The Kier molecular flexibility index (Phi) is 4.16. The molecular weight excluding hydrogens is 260 g/mol. The summed E-state index contributed by atoms with van der Waals surface area (Å²) in [5.41, 5.74) is 4.05. The molecule has 2 aromatic rings. The van der Waals surface area contributed by atoms with E-state index >= 15 is 0 Å². The number of aliphatic carboxylic acids is 1. The summed E-state index contributed by atoms with van der Waals surface area (Å²) in [6.07, 6.45) is 0.907. The Labute approximate surface area is 116 Å². The molecular formula is C14H16N2O2S. The highest BCUT2D eigenvalue weighted by molar-refractivity contribution is 7.13. The Morgan fingerprint density at radius 3 is 2.95 bits per heavy atom. The molecule has 0 radical (unpaired) electrons. The van der Waals surface area contributed by atoms with E-state index in [-0.39, 0.29) is 6.42 Å². The average Bonchev–Trinajstić information content (AvgIpc) is 2.78. The highest BCUT2D eigenvalue weighted by Gasteiger charge is 2.09. The minimum absolute atomic E-state index is 0.0351. The molecule has 5 heteroatoms. The van der Waals surface area contributed by atoms with E-state index in [2.05, 4.69) is 23.3 Å². The van der Waals surface area contributed by atoms with E-state index in [9.17, 15) is 4.79 Å². The van der Waals surface area contributed by atoms with Crippen LogP contribution in [-0.2, 0) is 17.6 Å². The van der Waals surface area contributed by atoms with Crippen molar-refractivity contribution in [2.24, 2.45) is 0 Å². The molecule has 0 bridgehead atoms. The van der Waals surface area contributed by atoms with Crippen molar-refractivity contribution in [3.05, 3.63) is 40.4 Å². The van der Waals surface area contributed by atoms with E-state index in [0.29, 0.717) is 5.69 Å². The maximum Gasteiger partial charge on any atom is 0.309 e. The Hall–Kier alpha value is -1.88. The molecule has 1 aromatic carbocycles. The normalized spacial score (nSPS) is 10.4. The lowest BCUT2D eigenvalue weighted by Gasteiger charge is -2.11. The van der Waals surface area contributed by atoms with Crippen LogP contribution in [0.25, 0.3) is 0 Å². The maximum atomic E-state index is 10.6. The Morgan fingerprint density at radius 1 is 1.47 bits per heavy atom. The van der Waals surface area contributed by atoms with Crippen LogP contribution in [0, 0.1) is 6.92 Å². The van der Waals surface area contributed by atoms with Gasteiger partial charge in [0.25, 0.3) is 0 Å². The van der Waals surface area contributed by atoms with Crippen LogP contribution in [0.1, 0.15) is 23.7 Å². The number of aryl methyl sites for hydroxylation is 2. The monoisotopic (exact) mass is 276 g/mol. The van der Waals surface area contributed by atoms with Gasteiger partial charge in [-0.1, -0.05) is 25.1 Å². The topological polar surface area (TPSA) is 62.2 Å². The van der Waals surface area contributed by atoms with Crippen LogP contribution >= 0.6 is 11.3 Å². The summed E-state index contributed by atoms with van der Waals surface area (Å²) < 4.78 is 0. The van der Waals surface area contributed by atoms with Crippen LogP contribution < -0.4 is 5.32 Å². The SMILES string of the molecule is CCc1cccc(C)c1Nc1nc(CC(=O)O)cs1. The predicted molar refractivity (Wildman–Crippen MR) is 77.3 cm³/mol. The standard InChI is InChI=1S/C14H16N2O2S/c1-3-10-6-4-5-9(2)13(10)16-14-15-11(8-19-14)7-12(17)18/h4-6,8H,3,7H2,1-2H3,(H,15,16)(H,17,18). The van der Waals surface area contributed by atoms with Gasteiger partial charge >= 0.3 is 5.97 Å². The van der Waals surface area contributed by atoms with Gasteiger partial charge in [0.05, 0.1) is 12.1 Å². The van der Waals surface area contributed by atoms with Gasteiger partial charge in [-0.3, -0.25) is 4.79 Å². The summed E-state index contributed by atoms with van der Waals surface area (Å²) in [7, 11) is 0. The quantitative estimate of drug-likeness (QED) is 0.878. The third kappa shape index (κ3) is 3.32. The first-order valence-electron chi connectivity index (χ1n) is 6.12. The first kappa shape index (κ1) is 13.5. The summed E-state index contributed by atoms with van der Waals surface area (Å²) in [4.78, 5) is 14.9. The zero-order chi connectivity index (χ0) is 13.8. The predicted octanol–water partition coefficient (Wildman–Crippen LogP) is 3.38. The number of nitrogens with one attached hydrogen (secondary N) is 1.